The first-order chi connectivity index (χ1) is 15.9. The van der Waals surface area contributed by atoms with Gasteiger partial charge in [0.2, 0.25) is 21.8 Å². The lowest BCUT2D eigenvalue weighted by atomic mass is 9.86. The van der Waals surface area contributed by atoms with Crippen molar-refractivity contribution in [3.8, 4) is 0 Å². The summed E-state index contributed by atoms with van der Waals surface area (Å²) in [5.41, 5.74) is 1.15. The van der Waals surface area contributed by atoms with Crippen LogP contribution in [0, 0.1) is 18.7 Å². The highest BCUT2D eigenvalue weighted by Gasteiger charge is 2.45. The van der Waals surface area contributed by atoms with Crippen LogP contribution in [-0.2, 0) is 25.0 Å². The Labute approximate surface area is 200 Å². The minimum atomic E-state index is -3.68. The van der Waals surface area contributed by atoms with Gasteiger partial charge in [0.15, 0.2) is 0 Å². The number of sulfonamides is 1. The zero-order chi connectivity index (χ0) is 24.8. The maximum Gasteiger partial charge on any atom is 0.244 e. The molecule has 0 aromatic heterocycles. The fourth-order valence-electron chi connectivity index (χ4n) is 4.74. The van der Waals surface area contributed by atoms with Crippen LogP contribution in [-0.4, -0.2) is 44.2 Å². The van der Waals surface area contributed by atoms with Gasteiger partial charge >= 0.3 is 0 Å². The van der Waals surface area contributed by atoms with Crippen molar-refractivity contribution in [1.29, 1.82) is 0 Å². The Morgan fingerprint density at radius 3 is 2.62 bits per heavy atom. The molecule has 2 aromatic carbocycles. The van der Waals surface area contributed by atoms with Crippen molar-refractivity contribution >= 4 is 33.2 Å². The Morgan fingerprint density at radius 1 is 1.21 bits per heavy atom. The van der Waals surface area contributed by atoms with Gasteiger partial charge in [0.25, 0.3) is 0 Å². The number of aryl methyl sites for hydroxylation is 1. The highest BCUT2D eigenvalue weighted by atomic mass is 32.2. The molecule has 9 heteroatoms. The van der Waals surface area contributed by atoms with Crippen molar-refractivity contribution in [2.45, 2.75) is 50.8 Å². The molecule has 4 rings (SSSR count). The molecule has 2 amide bonds. The van der Waals surface area contributed by atoms with Crippen molar-refractivity contribution in [2.24, 2.45) is 5.92 Å². The van der Waals surface area contributed by atoms with E-state index in [1.807, 2.05) is 6.92 Å². The molecule has 0 bridgehead atoms. The van der Waals surface area contributed by atoms with E-state index >= 15 is 0 Å². The lowest BCUT2D eigenvalue weighted by Gasteiger charge is -2.30. The molecule has 1 saturated heterocycles. The number of halogens is 1. The van der Waals surface area contributed by atoms with E-state index in [4.69, 9.17) is 0 Å². The average Bonchev–Trinajstić information content (AvgIpc) is 2.96. The van der Waals surface area contributed by atoms with Gasteiger partial charge in [-0.1, -0.05) is 6.92 Å². The summed E-state index contributed by atoms with van der Waals surface area (Å²) in [6.07, 6.45) is 1.83. The van der Waals surface area contributed by atoms with E-state index in [1.54, 1.807) is 32.9 Å². The summed E-state index contributed by atoms with van der Waals surface area (Å²) in [4.78, 5) is 27.5. The first-order valence-corrected chi connectivity index (χ1v) is 12.9. The van der Waals surface area contributed by atoms with Gasteiger partial charge in [-0.2, -0.15) is 4.31 Å². The molecule has 0 spiro atoms. The van der Waals surface area contributed by atoms with E-state index in [0.29, 0.717) is 41.5 Å². The van der Waals surface area contributed by atoms with Crippen LogP contribution in [0.1, 0.15) is 44.7 Å². The first-order valence-electron chi connectivity index (χ1n) is 11.4. The number of carbonyl (C=O) groups is 2. The number of carbonyl (C=O) groups excluding carboxylic acids is 2. The average molecular weight is 488 g/mol. The third-order valence-corrected chi connectivity index (χ3v) is 8.59. The Bertz CT molecular complexity index is 1260. The number of anilines is 2. The van der Waals surface area contributed by atoms with Crippen molar-refractivity contribution in [3.05, 3.63) is 53.3 Å². The Kier molecular flexibility index (Phi) is 6.29. The fraction of sp³-hybridized carbons (Fsp3) is 0.440. The van der Waals surface area contributed by atoms with E-state index in [9.17, 15) is 22.4 Å². The van der Waals surface area contributed by atoms with Gasteiger partial charge < -0.3 is 10.2 Å². The smallest absolute Gasteiger partial charge is 0.244 e. The molecule has 0 aliphatic carbocycles. The van der Waals surface area contributed by atoms with Crippen LogP contribution >= 0.6 is 0 Å². The molecular weight excluding hydrogens is 457 g/mol. The molecule has 0 radical (unpaired) electrons. The second kappa shape index (κ2) is 8.78. The van der Waals surface area contributed by atoms with Crippen LogP contribution in [0.4, 0.5) is 15.8 Å². The zero-order valence-corrected chi connectivity index (χ0v) is 20.7. The van der Waals surface area contributed by atoms with Gasteiger partial charge in [-0.25, -0.2) is 12.8 Å². The predicted octanol–water partition coefficient (Wildman–Crippen LogP) is 3.82. The number of nitrogens with zero attached hydrogens (tertiary/aromatic N) is 2. The highest BCUT2D eigenvalue weighted by molar-refractivity contribution is 7.89. The van der Waals surface area contributed by atoms with Gasteiger partial charge in [-0.05, 0) is 87.1 Å². The Morgan fingerprint density at radius 2 is 1.94 bits per heavy atom. The van der Waals surface area contributed by atoms with Gasteiger partial charge in [0.05, 0.1) is 10.3 Å². The second-order valence-corrected chi connectivity index (χ2v) is 11.8. The van der Waals surface area contributed by atoms with Crippen molar-refractivity contribution in [2.75, 3.05) is 29.9 Å². The third kappa shape index (κ3) is 4.34. The van der Waals surface area contributed by atoms with E-state index in [0.717, 1.165) is 12.8 Å². The molecule has 2 aliphatic heterocycles. The normalized spacial score (nSPS) is 20.3. The molecule has 0 saturated carbocycles. The van der Waals surface area contributed by atoms with Crippen LogP contribution < -0.4 is 10.2 Å². The summed E-state index contributed by atoms with van der Waals surface area (Å²) in [6.45, 7) is 7.93. The summed E-state index contributed by atoms with van der Waals surface area (Å²) in [5, 5.41) is 2.72. The maximum absolute atomic E-state index is 13.4. The van der Waals surface area contributed by atoms with Gasteiger partial charge in [0, 0.05) is 24.5 Å². The van der Waals surface area contributed by atoms with E-state index in [1.165, 1.54) is 33.5 Å². The van der Waals surface area contributed by atoms with Crippen LogP contribution in [0.2, 0.25) is 0 Å². The number of hydrogen-bond donors (Lipinski definition) is 1. The fourth-order valence-corrected chi connectivity index (χ4v) is 6.37. The van der Waals surface area contributed by atoms with E-state index < -0.39 is 27.2 Å². The molecule has 1 atom stereocenters. The molecule has 7 nitrogen and oxygen atoms in total. The lowest BCUT2D eigenvalue weighted by Crippen LogP contribution is -2.40. The summed E-state index contributed by atoms with van der Waals surface area (Å²) in [5.74, 6) is -0.805. The van der Waals surface area contributed by atoms with Crippen molar-refractivity contribution < 1.29 is 22.4 Å². The predicted molar refractivity (Wildman–Crippen MR) is 129 cm³/mol. The van der Waals surface area contributed by atoms with E-state index in [2.05, 4.69) is 5.32 Å². The number of nitrogens with one attached hydrogen (secondary N) is 1. The van der Waals surface area contributed by atoms with Crippen LogP contribution in [0.5, 0.6) is 0 Å². The van der Waals surface area contributed by atoms with Crippen LogP contribution in [0.25, 0.3) is 0 Å². The molecule has 1 N–H and O–H groups in total. The topological polar surface area (TPSA) is 86.8 Å². The zero-order valence-electron chi connectivity index (χ0n) is 19.9. The number of piperidine rings is 1. The molecule has 2 heterocycles. The number of hydrogen-bond acceptors (Lipinski definition) is 4. The van der Waals surface area contributed by atoms with Crippen LogP contribution in [0.3, 0.4) is 0 Å². The van der Waals surface area contributed by atoms with Crippen LogP contribution in [0.15, 0.2) is 41.3 Å². The lowest BCUT2D eigenvalue weighted by molar-refractivity contribution is -0.124. The molecule has 2 aromatic rings. The molecule has 1 fully saturated rings. The quantitative estimate of drug-likeness (QED) is 0.695. The number of fused-ring (bicyclic) bond motifs is 1. The summed E-state index contributed by atoms with van der Waals surface area (Å²) >= 11 is 0. The molecule has 2 aliphatic rings. The number of amides is 2. The summed E-state index contributed by atoms with van der Waals surface area (Å²) < 4.78 is 41.4. The Balaban J connectivity index is 1.60. The second-order valence-electron chi connectivity index (χ2n) is 9.81. The number of benzene rings is 2. The van der Waals surface area contributed by atoms with Crippen molar-refractivity contribution in [3.63, 3.8) is 0 Å². The van der Waals surface area contributed by atoms with Gasteiger partial charge in [0.1, 0.15) is 12.4 Å². The van der Waals surface area contributed by atoms with Crippen molar-refractivity contribution in [1.82, 2.24) is 4.31 Å². The minimum absolute atomic E-state index is 0.162. The summed E-state index contributed by atoms with van der Waals surface area (Å²) in [7, 11) is -3.68. The summed E-state index contributed by atoms with van der Waals surface area (Å²) in [6, 6.07) is 8.75. The van der Waals surface area contributed by atoms with E-state index in [-0.39, 0.29) is 17.3 Å². The molecular formula is C25H30FN3O4S. The largest absolute Gasteiger partial charge is 0.324 e. The monoisotopic (exact) mass is 487 g/mol. The van der Waals surface area contributed by atoms with Gasteiger partial charge in [-0.15, -0.1) is 0 Å². The molecule has 0 unspecified atom stereocenters. The SMILES string of the molecule is Cc1cc(F)ccc1NC(=O)CN1C(=O)C(C)(C)c2cc(S(=O)(=O)N3CCC[C@@H](C)C3)ccc21. The standard InChI is InChI=1S/C25H30FN3O4S/c1-16-6-5-11-28(14-16)34(32,33)19-8-10-22-20(13-19)25(3,4)24(31)29(22)15-23(30)27-21-9-7-18(26)12-17(21)2/h7-10,12-13,16H,5-6,11,14-15H2,1-4H3,(H,27,30)/t16-/m1/s1. The van der Waals surface area contributed by atoms with Gasteiger partial charge in [-0.3, -0.25) is 9.59 Å². The highest BCUT2D eigenvalue weighted by Crippen LogP contribution is 2.43. The molecule has 182 valence electrons. The molecule has 34 heavy (non-hydrogen) atoms. The third-order valence-electron chi connectivity index (χ3n) is 6.73. The minimum Gasteiger partial charge on any atom is -0.324 e. The number of rotatable bonds is 5. The Hall–Kier alpha value is -2.78. The first kappa shape index (κ1) is 24.3. The maximum atomic E-state index is 13.4.